The number of aromatic nitrogens is 3. The second kappa shape index (κ2) is 4.04. The van der Waals surface area contributed by atoms with Gasteiger partial charge in [0.25, 0.3) is 5.56 Å². The van der Waals surface area contributed by atoms with Crippen molar-refractivity contribution < 1.29 is 9.90 Å². The normalized spacial score (nSPS) is 9.92. The van der Waals surface area contributed by atoms with Crippen molar-refractivity contribution >= 4 is 17.7 Å². The topological polar surface area (TPSA) is 95.9 Å². The molecule has 0 bridgehead atoms. The fourth-order valence-electron chi connectivity index (χ4n) is 0.664. The number of carboxylic acids is 1. The maximum atomic E-state index is 11.0. The summed E-state index contributed by atoms with van der Waals surface area (Å²) >= 11 is 1.29. The van der Waals surface area contributed by atoms with E-state index in [2.05, 4.69) is 15.2 Å². The number of thioether (sulfide) groups is 1. The van der Waals surface area contributed by atoms with Gasteiger partial charge in [-0.3, -0.25) is 9.78 Å². The van der Waals surface area contributed by atoms with Gasteiger partial charge in [0, 0.05) is 0 Å². The minimum atomic E-state index is -1.37. The maximum absolute atomic E-state index is 11.0. The maximum Gasteiger partial charge on any atom is 0.362 e. The van der Waals surface area contributed by atoms with E-state index in [0.717, 1.165) is 5.75 Å². The Morgan fingerprint density at radius 3 is 2.77 bits per heavy atom. The number of carboxylic acid groups (broad SMARTS) is 1. The van der Waals surface area contributed by atoms with Crippen molar-refractivity contribution in [1.29, 1.82) is 0 Å². The van der Waals surface area contributed by atoms with E-state index in [1.807, 2.05) is 6.92 Å². The van der Waals surface area contributed by atoms with Crippen molar-refractivity contribution in [1.82, 2.24) is 15.2 Å². The van der Waals surface area contributed by atoms with Crippen LogP contribution in [0, 0.1) is 0 Å². The molecule has 0 atom stereocenters. The number of H-pyrrole nitrogens is 1. The molecular weight excluding hydrogens is 194 g/mol. The van der Waals surface area contributed by atoms with Crippen molar-refractivity contribution in [3.05, 3.63) is 16.0 Å². The predicted molar refractivity (Wildman–Crippen MR) is 46.0 cm³/mol. The Hall–Kier alpha value is -1.37. The lowest BCUT2D eigenvalue weighted by molar-refractivity contribution is 0.0686. The van der Waals surface area contributed by atoms with Crippen molar-refractivity contribution in [2.45, 2.75) is 12.1 Å². The van der Waals surface area contributed by atoms with Gasteiger partial charge in [0.05, 0.1) is 0 Å². The zero-order valence-electron chi connectivity index (χ0n) is 6.77. The minimum Gasteiger partial charge on any atom is -0.476 e. The molecule has 0 saturated heterocycles. The first-order valence-corrected chi connectivity index (χ1v) is 4.46. The lowest BCUT2D eigenvalue weighted by Gasteiger charge is -1.95. The van der Waals surface area contributed by atoms with Crippen molar-refractivity contribution in [2.24, 2.45) is 0 Å². The summed E-state index contributed by atoms with van der Waals surface area (Å²) in [6.07, 6.45) is 0. The monoisotopic (exact) mass is 201 g/mol. The molecule has 0 saturated carbocycles. The van der Waals surface area contributed by atoms with E-state index in [0.29, 0.717) is 5.16 Å². The highest BCUT2D eigenvalue weighted by Crippen LogP contribution is 2.07. The predicted octanol–water partition coefficient (Wildman–Crippen LogP) is -0.0249. The number of nitrogens with one attached hydrogen (secondary N) is 1. The van der Waals surface area contributed by atoms with Crippen LogP contribution in [0.25, 0.3) is 0 Å². The Morgan fingerprint density at radius 1 is 1.62 bits per heavy atom. The van der Waals surface area contributed by atoms with E-state index < -0.39 is 17.2 Å². The second-order valence-corrected chi connectivity index (χ2v) is 3.30. The number of aromatic carboxylic acids is 1. The number of hydrogen-bond donors (Lipinski definition) is 2. The third kappa shape index (κ3) is 2.28. The van der Waals surface area contributed by atoms with Crippen LogP contribution in [0.15, 0.2) is 9.95 Å². The van der Waals surface area contributed by atoms with Crippen molar-refractivity contribution in [3.8, 4) is 0 Å². The van der Waals surface area contributed by atoms with Crippen LogP contribution >= 0.6 is 11.8 Å². The summed E-state index contributed by atoms with van der Waals surface area (Å²) in [6.45, 7) is 1.88. The molecule has 0 fully saturated rings. The Bertz CT molecular complexity index is 376. The zero-order chi connectivity index (χ0) is 9.84. The molecule has 70 valence electrons. The van der Waals surface area contributed by atoms with Gasteiger partial charge in [0.1, 0.15) is 0 Å². The zero-order valence-corrected chi connectivity index (χ0v) is 7.59. The molecule has 1 heterocycles. The van der Waals surface area contributed by atoms with Gasteiger partial charge < -0.3 is 5.11 Å². The molecule has 13 heavy (non-hydrogen) atoms. The molecule has 0 spiro atoms. The van der Waals surface area contributed by atoms with Gasteiger partial charge in [-0.2, -0.15) is 0 Å². The summed E-state index contributed by atoms with van der Waals surface area (Å²) in [5, 5.41) is 15.6. The summed E-state index contributed by atoms with van der Waals surface area (Å²) in [5.74, 6) is -0.640. The largest absolute Gasteiger partial charge is 0.476 e. The Balaban J connectivity index is 3.06. The molecule has 0 aromatic carbocycles. The SMILES string of the molecule is CCSc1nnc(C(=O)O)c(=O)[nH]1. The Labute approximate surface area is 77.4 Å². The van der Waals surface area contributed by atoms with E-state index in [-0.39, 0.29) is 0 Å². The molecule has 0 amide bonds. The van der Waals surface area contributed by atoms with Crippen molar-refractivity contribution in [2.75, 3.05) is 5.75 Å². The van der Waals surface area contributed by atoms with Gasteiger partial charge in [0.15, 0.2) is 5.16 Å². The Kier molecular flexibility index (Phi) is 3.02. The van der Waals surface area contributed by atoms with Gasteiger partial charge >= 0.3 is 5.97 Å². The molecule has 1 aromatic rings. The smallest absolute Gasteiger partial charge is 0.362 e. The van der Waals surface area contributed by atoms with Crippen LogP contribution in [-0.2, 0) is 0 Å². The summed E-state index contributed by atoms with van der Waals surface area (Å²) in [6, 6.07) is 0. The highest BCUT2D eigenvalue weighted by Gasteiger charge is 2.11. The molecule has 0 aliphatic heterocycles. The number of nitrogens with zero attached hydrogens (tertiary/aromatic N) is 2. The van der Waals surface area contributed by atoms with Gasteiger partial charge in [-0.1, -0.05) is 18.7 Å². The van der Waals surface area contributed by atoms with Gasteiger partial charge in [-0.05, 0) is 5.75 Å². The molecule has 7 heteroatoms. The van der Waals surface area contributed by atoms with Crippen LogP contribution in [0.5, 0.6) is 0 Å². The lowest BCUT2D eigenvalue weighted by Crippen LogP contribution is -2.21. The average Bonchev–Trinajstić information content (AvgIpc) is 2.04. The Morgan fingerprint density at radius 2 is 2.31 bits per heavy atom. The molecule has 0 unspecified atom stereocenters. The number of aromatic amines is 1. The van der Waals surface area contributed by atoms with Crippen LogP contribution in [0.3, 0.4) is 0 Å². The summed E-state index contributed by atoms with van der Waals surface area (Å²) in [7, 11) is 0. The molecule has 0 aliphatic rings. The van der Waals surface area contributed by atoms with Gasteiger partial charge in [0.2, 0.25) is 5.69 Å². The average molecular weight is 201 g/mol. The molecule has 1 rings (SSSR count). The minimum absolute atomic E-state index is 0.331. The quantitative estimate of drug-likeness (QED) is 0.667. The van der Waals surface area contributed by atoms with Crippen molar-refractivity contribution in [3.63, 3.8) is 0 Å². The van der Waals surface area contributed by atoms with Gasteiger partial charge in [-0.25, -0.2) is 4.79 Å². The van der Waals surface area contributed by atoms with Gasteiger partial charge in [-0.15, -0.1) is 10.2 Å². The van der Waals surface area contributed by atoms with Crippen LogP contribution in [-0.4, -0.2) is 32.0 Å². The van der Waals surface area contributed by atoms with E-state index in [4.69, 9.17) is 5.11 Å². The second-order valence-electron chi connectivity index (χ2n) is 2.05. The van der Waals surface area contributed by atoms with E-state index >= 15 is 0 Å². The lowest BCUT2D eigenvalue weighted by atomic mass is 10.5. The standard InChI is InChI=1S/C6H7N3O3S/c1-2-13-6-7-4(10)3(5(11)12)8-9-6/h2H2,1H3,(H,11,12)(H,7,9,10). The first kappa shape index (κ1) is 9.72. The molecule has 1 aromatic heterocycles. The highest BCUT2D eigenvalue weighted by molar-refractivity contribution is 7.99. The first-order valence-electron chi connectivity index (χ1n) is 3.48. The van der Waals surface area contributed by atoms with Crippen LogP contribution in [0.1, 0.15) is 17.4 Å². The first-order chi connectivity index (χ1) is 6.15. The van der Waals surface area contributed by atoms with E-state index in [1.165, 1.54) is 11.8 Å². The fraction of sp³-hybridized carbons (Fsp3) is 0.333. The fourth-order valence-corrected chi connectivity index (χ4v) is 1.20. The molecule has 0 radical (unpaired) electrons. The van der Waals surface area contributed by atoms with E-state index in [1.54, 1.807) is 0 Å². The third-order valence-electron chi connectivity index (χ3n) is 1.16. The highest BCUT2D eigenvalue weighted by atomic mass is 32.2. The third-order valence-corrected chi connectivity index (χ3v) is 1.91. The molecule has 6 nitrogen and oxygen atoms in total. The number of rotatable bonds is 3. The molecule has 0 aliphatic carbocycles. The number of hydrogen-bond acceptors (Lipinski definition) is 5. The summed E-state index contributed by atoms with van der Waals surface area (Å²) in [5.41, 5.74) is -1.31. The summed E-state index contributed by atoms with van der Waals surface area (Å²) < 4.78 is 0. The summed E-state index contributed by atoms with van der Waals surface area (Å²) in [4.78, 5) is 23.7. The molecular formula is C6H7N3O3S. The number of carbonyl (C=O) groups is 1. The van der Waals surface area contributed by atoms with Crippen LogP contribution < -0.4 is 5.56 Å². The van der Waals surface area contributed by atoms with Crippen LogP contribution in [0.2, 0.25) is 0 Å². The molecule has 2 N–H and O–H groups in total. The van der Waals surface area contributed by atoms with E-state index in [9.17, 15) is 9.59 Å². The van der Waals surface area contributed by atoms with Crippen LogP contribution in [0.4, 0.5) is 0 Å².